The van der Waals surface area contributed by atoms with E-state index in [4.69, 9.17) is 9.90 Å². The number of pyridine rings is 1. The van der Waals surface area contributed by atoms with Gasteiger partial charge in [-0.15, -0.1) is 0 Å². The Labute approximate surface area is 238 Å². The number of aliphatic carboxylic acids is 1. The first-order chi connectivity index (χ1) is 20.0. The van der Waals surface area contributed by atoms with Crippen LogP contribution in [-0.2, 0) is 16.1 Å². The van der Waals surface area contributed by atoms with Gasteiger partial charge in [0.25, 0.3) is 5.91 Å². The zero-order valence-electron chi connectivity index (χ0n) is 22.3. The lowest BCUT2D eigenvalue weighted by Gasteiger charge is -2.29. The van der Waals surface area contributed by atoms with Crippen LogP contribution in [0.3, 0.4) is 0 Å². The first-order valence-electron chi connectivity index (χ1n) is 13.2. The Balaban J connectivity index is 0.000000517. The molecular weight excluding hydrogens is 558 g/mol. The number of hydrogen-bond acceptors (Lipinski definition) is 6. The van der Waals surface area contributed by atoms with E-state index in [9.17, 15) is 27.2 Å². The number of halogens is 4. The Bertz CT molecular complexity index is 1400. The largest absolute Gasteiger partial charge is 0.490 e. The molecule has 2 aliphatic rings. The second-order valence-corrected chi connectivity index (χ2v) is 9.80. The number of nitrogens with zero attached hydrogens (tertiary/aromatic N) is 2. The number of carbonyl (C=O) groups excluding carboxylic acids is 2. The molecular formula is C29H29F4N5O4. The van der Waals surface area contributed by atoms with Gasteiger partial charge in [0.1, 0.15) is 5.82 Å². The number of carbonyl (C=O) groups is 3. The Morgan fingerprint density at radius 1 is 1.05 bits per heavy atom. The molecule has 2 heterocycles. The van der Waals surface area contributed by atoms with Crippen molar-refractivity contribution in [2.75, 3.05) is 36.4 Å². The Morgan fingerprint density at radius 2 is 1.74 bits per heavy atom. The molecule has 5 rings (SSSR count). The minimum atomic E-state index is -5.08. The summed E-state index contributed by atoms with van der Waals surface area (Å²) in [4.78, 5) is 40.3. The van der Waals surface area contributed by atoms with Gasteiger partial charge < -0.3 is 26.0 Å². The van der Waals surface area contributed by atoms with Gasteiger partial charge in [0.2, 0.25) is 5.91 Å². The Morgan fingerprint density at radius 3 is 2.33 bits per heavy atom. The van der Waals surface area contributed by atoms with Gasteiger partial charge >= 0.3 is 12.1 Å². The zero-order chi connectivity index (χ0) is 30.3. The van der Waals surface area contributed by atoms with Crippen LogP contribution in [-0.4, -0.2) is 60.2 Å². The maximum absolute atomic E-state index is 14.6. The molecule has 0 unspecified atom stereocenters. The summed E-state index contributed by atoms with van der Waals surface area (Å²) in [6.07, 6.45) is -0.834. The van der Waals surface area contributed by atoms with Crippen molar-refractivity contribution in [3.8, 4) is 0 Å². The molecule has 1 aliphatic carbocycles. The van der Waals surface area contributed by atoms with E-state index in [-0.39, 0.29) is 30.2 Å². The molecule has 2 fully saturated rings. The molecule has 222 valence electrons. The summed E-state index contributed by atoms with van der Waals surface area (Å²) < 4.78 is 46.4. The quantitative estimate of drug-likeness (QED) is 0.309. The monoisotopic (exact) mass is 587 g/mol. The van der Waals surface area contributed by atoms with Crippen molar-refractivity contribution in [2.24, 2.45) is 5.92 Å². The van der Waals surface area contributed by atoms with Crippen LogP contribution >= 0.6 is 0 Å². The molecule has 1 saturated heterocycles. The van der Waals surface area contributed by atoms with Crippen molar-refractivity contribution in [2.45, 2.75) is 25.1 Å². The summed E-state index contributed by atoms with van der Waals surface area (Å²) in [5, 5.41) is 16.0. The summed E-state index contributed by atoms with van der Waals surface area (Å²) in [6, 6.07) is 15.8. The van der Waals surface area contributed by atoms with Gasteiger partial charge in [-0.05, 0) is 60.4 Å². The normalized spacial score (nSPS) is 17.9. The maximum Gasteiger partial charge on any atom is 0.490 e. The van der Waals surface area contributed by atoms with Gasteiger partial charge in [-0.25, -0.2) is 9.18 Å². The summed E-state index contributed by atoms with van der Waals surface area (Å²) in [7, 11) is 0. The van der Waals surface area contributed by atoms with Crippen molar-refractivity contribution in [3.63, 3.8) is 0 Å². The minimum absolute atomic E-state index is 0.0597. The van der Waals surface area contributed by atoms with E-state index in [1.54, 1.807) is 36.7 Å². The van der Waals surface area contributed by atoms with Gasteiger partial charge in [-0.1, -0.05) is 12.1 Å². The predicted octanol–water partition coefficient (Wildman–Crippen LogP) is 3.94. The number of alkyl halides is 3. The summed E-state index contributed by atoms with van der Waals surface area (Å²) >= 11 is 0. The number of nitrogens with one attached hydrogen (secondary N) is 3. The first-order valence-corrected chi connectivity index (χ1v) is 13.2. The van der Waals surface area contributed by atoms with Gasteiger partial charge in [0.05, 0.1) is 0 Å². The Hall–Kier alpha value is -4.52. The predicted molar refractivity (Wildman–Crippen MR) is 147 cm³/mol. The van der Waals surface area contributed by atoms with Crippen molar-refractivity contribution >= 4 is 29.2 Å². The molecule has 1 aromatic heterocycles. The van der Waals surface area contributed by atoms with E-state index in [0.29, 0.717) is 16.8 Å². The van der Waals surface area contributed by atoms with Crippen LogP contribution < -0.4 is 20.9 Å². The second kappa shape index (κ2) is 13.4. The van der Waals surface area contributed by atoms with E-state index in [1.165, 1.54) is 6.07 Å². The van der Waals surface area contributed by atoms with Crippen LogP contribution in [0.4, 0.5) is 28.9 Å². The smallest absolute Gasteiger partial charge is 0.475 e. The number of rotatable bonds is 7. The highest BCUT2D eigenvalue weighted by atomic mass is 19.4. The van der Waals surface area contributed by atoms with Crippen molar-refractivity contribution in [1.82, 2.24) is 15.6 Å². The molecule has 0 radical (unpaired) electrons. The fourth-order valence-corrected chi connectivity index (χ4v) is 4.48. The lowest BCUT2D eigenvalue weighted by molar-refractivity contribution is -0.192. The van der Waals surface area contributed by atoms with Gasteiger partial charge in [0, 0.05) is 73.5 Å². The second-order valence-electron chi connectivity index (χ2n) is 9.80. The summed E-state index contributed by atoms with van der Waals surface area (Å²) in [5.41, 5.74) is 3.42. The SMILES string of the molecule is O=C(NCc1ccc(NC(=O)[C@H]2C[C@@H]2c2cccnc2)cc1F)c1ccc(N2CCNCC2)cc1.O=C(O)C(F)(F)F. The fourth-order valence-electron chi connectivity index (χ4n) is 4.48. The standard InChI is InChI=1S/C27H28FN5O2.C2HF3O2/c28-25-14-21(32-27(35)24-15-23(24)19-2-1-9-30-16-19)6-3-20(25)17-31-26(34)18-4-7-22(8-5-18)33-12-10-29-11-13-33;3-2(4,5)1(6)7/h1-9,14,16,23-24,29H,10-13,15,17H2,(H,31,34)(H,32,35);(H,6,7)/t23-,24+;/m1./s1. The molecule has 3 aromatic rings. The third kappa shape index (κ3) is 8.26. The number of carboxylic acid groups (broad SMARTS) is 1. The number of hydrogen-bond donors (Lipinski definition) is 4. The van der Waals surface area contributed by atoms with E-state index >= 15 is 0 Å². The van der Waals surface area contributed by atoms with Crippen LogP contribution in [0.15, 0.2) is 67.0 Å². The van der Waals surface area contributed by atoms with E-state index in [0.717, 1.165) is 43.9 Å². The van der Waals surface area contributed by atoms with Gasteiger partial charge in [-0.3, -0.25) is 14.6 Å². The molecule has 2 atom stereocenters. The number of anilines is 2. The maximum atomic E-state index is 14.6. The molecule has 0 spiro atoms. The summed E-state index contributed by atoms with van der Waals surface area (Å²) in [6.45, 7) is 3.83. The highest BCUT2D eigenvalue weighted by Crippen LogP contribution is 2.47. The molecule has 9 nitrogen and oxygen atoms in total. The molecule has 4 N–H and O–H groups in total. The van der Waals surface area contributed by atoms with Crippen LogP contribution in [0.1, 0.15) is 33.8 Å². The van der Waals surface area contributed by atoms with Crippen molar-refractivity contribution in [3.05, 3.63) is 89.5 Å². The number of aromatic nitrogens is 1. The van der Waals surface area contributed by atoms with E-state index in [1.807, 2.05) is 24.3 Å². The zero-order valence-corrected chi connectivity index (χ0v) is 22.3. The average Bonchev–Trinajstić information content (AvgIpc) is 3.79. The van der Waals surface area contributed by atoms with Crippen molar-refractivity contribution < 1.29 is 37.1 Å². The van der Waals surface area contributed by atoms with Crippen LogP contribution in [0.5, 0.6) is 0 Å². The fraction of sp³-hybridized carbons (Fsp3) is 0.310. The van der Waals surface area contributed by atoms with Gasteiger partial charge in [0.15, 0.2) is 0 Å². The molecule has 13 heteroatoms. The van der Waals surface area contributed by atoms with Crippen LogP contribution in [0.2, 0.25) is 0 Å². The average molecular weight is 588 g/mol. The van der Waals surface area contributed by atoms with E-state index < -0.39 is 18.0 Å². The highest BCUT2D eigenvalue weighted by Gasteiger charge is 2.44. The molecule has 2 aromatic carbocycles. The highest BCUT2D eigenvalue weighted by molar-refractivity contribution is 5.95. The third-order valence-electron chi connectivity index (χ3n) is 6.85. The van der Waals surface area contributed by atoms with Crippen molar-refractivity contribution in [1.29, 1.82) is 0 Å². The topological polar surface area (TPSA) is 124 Å². The molecule has 1 saturated carbocycles. The lowest BCUT2D eigenvalue weighted by atomic mass is 10.1. The molecule has 0 bridgehead atoms. The Kier molecular flexibility index (Phi) is 9.73. The lowest BCUT2D eigenvalue weighted by Crippen LogP contribution is -2.43. The molecule has 2 amide bonds. The first kappa shape index (κ1) is 30.4. The molecule has 42 heavy (non-hydrogen) atoms. The van der Waals surface area contributed by atoms with Gasteiger partial charge in [-0.2, -0.15) is 13.2 Å². The summed E-state index contributed by atoms with van der Waals surface area (Å²) in [5.74, 6) is -3.58. The number of piperazine rings is 1. The number of amides is 2. The van der Waals surface area contributed by atoms with Crippen LogP contribution in [0.25, 0.3) is 0 Å². The number of carboxylic acids is 1. The van der Waals surface area contributed by atoms with E-state index in [2.05, 4.69) is 25.8 Å². The third-order valence-corrected chi connectivity index (χ3v) is 6.85. The number of benzene rings is 2. The van der Waals surface area contributed by atoms with Crippen LogP contribution in [0, 0.1) is 11.7 Å². The molecule has 1 aliphatic heterocycles. The minimum Gasteiger partial charge on any atom is -0.475 e.